The molecule has 0 fully saturated rings. The summed E-state index contributed by atoms with van der Waals surface area (Å²) in [5, 5.41) is 10.4. The first-order valence-corrected chi connectivity index (χ1v) is 8.26. The maximum absolute atomic E-state index is 11.9. The summed E-state index contributed by atoms with van der Waals surface area (Å²) in [4.78, 5) is 11.9. The summed E-state index contributed by atoms with van der Waals surface area (Å²) in [5.74, 6) is 1.59. The zero-order chi connectivity index (χ0) is 14.5. The summed E-state index contributed by atoms with van der Waals surface area (Å²) >= 11 is 2.78. The number of nitrogens with one attached hydrogen (secondary N) is 1. The number of ether oxygens (including phenoxy) is 2. The van der Waals surface area contributed by atoms with Crippen LogP contribution in [0.3, 0.4) is 0 Å². The molecule has 1 aromatic heterocycles. The number of rotatable bonds is 4. The molecule has 8 heteroatoms. The number of anilines is 1. The molecule has 2 aromatic rings. The van der Waals surface area contributed by atoms with E-state index in [0.717, 1.165) is 10.8 Å². The Morgan fingerprint density at radius 3 is 3.00 bits per heavy atom. The maximum Gasteiger partial charge on any atom is 0.234 e. The van der Waals surface area contributed by atoms with Gasteiger partial charge in [0.15, 0.2) is 15.8 Å². The minimum Gasteiger partial charge on any atom is -0.490 e. The van der Waals surface area contributed by atoms with Gasteiger partial charge >= 0.3 is 0 Å². The average molecular weight is 323 g/mol. The molecule has 1 amide bonds. The molecule has 0 radical (unpaired) electrons. The van der Waals surface area contributed by atoms with Crippen molar-refractivity contribution in [3.8, 4) is 11.5 Å². The van der Waals surface area contributed by atoms with Gasteiger partial charge in [0, 0.05) is 18.2 Å². The van der Waals surface area contributed by atoms with E-state index < -0.39 is 0 Å². The van der Waals surface area contributed by atoms with E-state index >= 15 is 0 Å². The Labute approximate surface area is 129 Å². The minimum absolute atomic E-state index is 0.0929. The van der Waals surface area contributed by atoms with Gasteiger partial charge in [-0.05, 0) is 12.1 Å². The normalized spacial score (nSPS) is 13.5. The fraction of sp³-hybridized carbons (Fsp3) is 0.308. The van der Waals surface area contributed by atoms with Crippen LogP contribution >= 0.6 is 23.1 Å². The van der Waals surface area contributed by atoms with Crippen LogP contribution in [0, 0.1) is 0 Å². The second-order valence-corrected chi connectivity index (χ2v) is 6.31. The minimum atomic E-state index is -0.0929. The first-order valence-electron chi connectivity index (χ1n) is 6.40. The van der Waals surface area contributed by atoms with E-state index in [0.29, 0.717) is 36.2 Å². The summed E-state index contributed by atoms with van der Waals surface area (Å²) in [5.41, 5.74) is 2.34. The molecule has 0 saturated carbocycles. The lowest BCUT2D eigenvalue weighted by atomic mass is 10.2. The van der Waals surface area contributed by atoms with E-state index in [4.69, 9.17) is 9.47 Å². The molecule has 0 bridgehead atoms. The first kappa shape index (κ1) is 14.2. The molecule has 1 N–H and O–H groups in total. The molecule has 0 aliphatic carbocycles. The van der Waals surface area contributed by atoms with Gasteiger partial charge in [0.05, 0.1) is 19.0 Å². The molecular formula is C13H13N3O3S2. The summed E-state index contributed by atoms with van der Waals surface area (Å²) in [6.07, 6.45) is 0.856. The monoisotopic (exact) mass is 323 g/mol. The zero-order valence-corrected chi connectivity index (χ0v) is 12.7. The summed E-state index contributed by atoms with van der Waals surface area (Å²) < 4.78 is 11.9. The van der Waals surface area contributed by atoms with Crippen molar-refractivity contribution >= 4 is 34.7 Å². The van der Waals surface area contributed by atoms with Crippen molar-refractivity contribution in [2.24, 2.45) is 0 Å². The van der Waals surface area contributed by atoms with Gasteiger partial charge in [-0.3, -0.25) is 4.79 Å². The van der Waals surface area contributed by atoms with Crippen molar-refractivity contribution in [1.82, 2.24) is 10.2 Å². The lowest BCUT2D eigenvalue weighted by molar-refractivity contribution is -0.113. The third kappa shape index (κ3) is 3.85. The van der Waals surface area contributed by atoms with Crippen molar-refractivity contribution in [2.45, 2.75) is 10.8 Å². The molecule has 1 aliphatic rings. The number of hydrogen-bond donors (Lipinski definition) is 1. The summed E-state index contributed by atoms with van der Waals surface area (Å²) in [7, 11) is 0. The van der Waals surface area contributed by atoms with Crippen LogP contribution in [-0.4, -0.2) is 35.1 Å². The molecule has 0 saturated heterocycles. The van der Waals surface area contributed by atoms with Crippen LogP contribution < -0.4 is 14.8 Å². The van der Waals surface area contributed by atoms with Gasteiger partial charge in [-0.1, -0.05) is 23.1 Å². The molecule has 0 unspecified atom stereocenters. The number of carbonyl (C=O) groups excluding carboxylic acids is 1. The Hall–Kier alpha value is -1.80. The second kappa shape index (κ2) is 6.77. The van der Waals surface area contributed by atoms with Crippen LogP contribution in [0.2, 0.25) is 0 Å². The number of hydrogen-bond acceptors (Lipinski definition) is 7. The predicted octanol–water partition coefficient (Wildman–Crippen LogP) is 2.43. The van der Waals surface area contributed by atoms with Crippen LogP contribution in [0.5, 0.6) is 11.5 Å². The van der Waals surface area contributed by atoms with Gasteiger partial charge in [-0.15, -0.1) is 10.2 Å². The van der Waals surface area contributed by atoms with E-state index in [2.05, 4.69) is 15.5 Å². The topological polar surface area (TPSA) is 73.3 Å². The maximum atomic E-state index is 11.9. The second-order valence-electron chi connectivity index (χ2n) is 4.25. The Morgan fingerprint density at radius 1 is 1.33 bits per heavy atom. The van der Waals surface area contributed by atoms with Crippen molar-refractivity contribution < 1.29 is 14.3 Å². The third-order valence-electron chi connectivity index (χ3n) is 2.70. The number of nitrogens with zero attached hydrogens (tertiary/aromatic N) is 2. The number of carbonyl (C=O) groups is 1. The number of amides is 1. The SMILES string of the molecule is O=C(CSc1nncs1)Nc1ccc2c(c1)OCCCO2. The molecule has 1 aromatic carbocycles. The van der Waals surface area contributed by atoms with E-state index in [1.54, 1.807) is 17.6 Å². The highest BCUT2D eigenvalue weighted by atomic mass is 32.2. The molecule has 0 spiro atoms. The quantitative estimate of drug-likeness (QED) is 0.871. The van der Waals surface area contributed by atoms with Gasteiger partial charge in [0.1, 0.15) is 5.51 Å². The Kier molecular flexibility index (Phi) is 4.56. The van der Waals surface area contributed by atoms with Crippen molar-refractivity contribution in [3.05, 3.63) is 23.7 Å². The van der Waals surface area contributed by atoms with Gasteiger partial charge in [0.25, 0.3) is 0 Å². The Bertz CT molecular complexity index is 619. The van der Waals surface area contributed by atoms with Crippen molar-refractivity contribution in [1.29, 1.82) is 0 Å². The summed E-state index contributed by atoms with van der Waals surface area (Å²) in [6.45, 7) is 1.27. The largest absolute Gasteiger partial charge is 0.490 e. The molecule has 3 rings (SSSR count). The molecule has 6 nitrogen and oxygen atoms in total. The standard InChI is InChI=1S/C13H13N3O3S2/c17-12(7-20-13-16-14-8-21-13)15-9-2-3-10-11(6-9)19-5-1-4-18-10/h2-3,6,8H,1,4-5,7H2,(H,15,17). The van der Waals surface area contributed by atoms with Crippen molar-refractivity contribution in [3.63, 3.8) is 0 Å². The van der Waals surface area contributed by atoms with Crippen LogP contribution in [-0.2, 0) is 4.79 Å². The van der Waals surface area contributed by atoms with Gasteiger partial charge in [-0.2, -0.15) is 0 Å². The lowest BCUT2D eigenvalue weighted by Crippen LogP contribution is -2.14. The van der Waals surface area contributed by atoms with Crippen molar-refractivity contribution in [2.75, 3.05) is 24.3 Å². The molecular weight excluding hydrogens is 310 g/mol. The van der Waals surface area contributed by atoms with Crippen LogP contribution in [0.25, 0.3) is 0 Å². The first-order chi connectivity index (χ1) is 10.3. The van der Waals surface area contributed by atoms with Gasteiger partial charge in [-0.25, -0.2) is 0 Å². The fourth-order valence-corrected chi connectivity index (χ4v) is 3.08. The molecule has 110 valence electrons. The Balaban J connectivity index is 1.59. The van der Waals surface area contributed by atoms with E-state index in [9.17, 15) is 4.79 Å². The van der Waals surface area contributed by atoms with E-state index in [1.165, 1.54) is 23.1 Å². The van der Waals surface area contributed by atoms with Crippen LogP contribution in [0.1, 0.15) is 6.42 Å². The fourth-order valence-electron chi connectivity index (χ4n) is 1.79. The summed E-state index contributed by atoms with van der Waals surface area (Å²) in [6, 6.07) is 5.41. The Morgan fingerprint density at radius 2 is 2.19 bits per heavy atom. The highest BCUT2D eigenvalue weighted by Crippen LogP contribution is 2.32. The van der Waals surface area contributed by atoms with E-state index in [1.807, 2.05) is 6.07 Å². The van der Waals surface area contributed by atoms with Gasteiger partial charge in [0.2, 0.25) is 5.91 Å². The lowest BCUT2D eigenvalue weighted by Gasteiger charge is -2.10. The number of benzene rings is 1. The molecule has 21 heavy (non-hydrogen) atoms. The number of thioether (sulfide) groups is 1. The zero-order valence-electron chi connectivity index (χ0n) is 11.1. The van der Waals surface area contributed by atoms with Crippen LogP contribution in [0.15, 0.2) is 28.0 Å². The van der Waals surface area contributed by atoms with Gasteiger partial charge < -0.3 is 14.8 Å². The van der Waals surface area contributed by atoms with E-state index in [-0.39, 0.29) is 5.91 Å². The average Bonchev–Trinajstić information content (AvgIpc) is 2.90. The number of fused-ring (bicyclic) bond motifs is 1. The highest BCUT2D eigenvalue weighted by Gasteiger charge is 2.12. The predicted molar refractivity (Wildman–Crippen MR) is 81.3 cm³/mol. The third-order valence-corrected chi connectivity index (χ3v) is 4.56. The smallest absolute Gasteiger partial charge is 0.234 e. The van der Waals surface area contributed by atoms with Crippen LogP contribution in [0.4, 0.5) is 5.69 Å². The molecule has 2 heterocycles. The molecule has 0 atom stereocenters. The highest BCUT2D eigenvalue weighted by molar-refractivity contribution is 8.01. The number of aromatic nitrogens is 2. The molecule has 1 aliphatic heterocycles.